The van der Waals surface area contributed by atoms with E-state index in [9.17, 15) is 13.2 Å². The Morgan fingerprint density at radius 1 is 1.43 bits per heavy atom. The van der Waals surface area contributed by atoms with Gasteiger partial charge >= 0.3 is 6.18 Å². The number of alkyl halides is 3. The van der Waals surface area contributed by atoms with E-state index in [2.05, 4.69) is 10.3 Å². The van der Waals surface area contributed by atoms with Gasteiger partial charge in [-0.25, -0.2) is 4.98 Å². The number of nitrogens with one attached hydrogen (secondary N) is 1. The van der Waals surface area contributed by atoms with Crippen LogP contribution in [0.25, 0.3) is 0 Å². The number of hydrogen-bond donors (Lipinski definition) is 1. The molecule has 0 fully saturated rings. The molecule has 1 aromatic rings. The number of anilines is 1. The lowest BCUT2D eigenvalue weighted by atomic mass is 10.2. The fourth-order valence-corrected chi connectivity index (χ4v) is 0.976. The van der Waals surface area contributed by atoms with Crippen molar-refractivity contribution >= 4 is 29.7 Å². The smallest absolute Gasteiger partial charge is 0.386 e. The summed E-state index contributed by atoms with van der Waals surface area (Å²) >= 11 is 5.51. The fourth-order valence-electron chi connectivity index (χ4n) is 0.778. The van der Waals surface area contributed by atoms with E-state index in [-0.39, 0.29) is 23.2 Å². The predicted molar refractivity (Wildman–Crippen MR) is 51.0 cm³/mol. The lowest BCUT2D eigenvalue weighted by molar-refractivity contribution is -0.137. The second kappa shape index (κ2) is 4.70. The molecule has 0 unspecified atom stereocenters. The van der Waals surface area contributed by atoms with Crippen LogP contribution in [-0.4, -0.2) is 12.0 Å². The number of nitrogens with zero attached hydrogens (tertiary/aromatic N) is 1. The van der Waals surface area contributed by atoms with Crippen LogP contribution in [0.2, 0.25) is 5.15 Å². The van der Waals surface area contributed by atoms with Crippen molar-refractivity contribution in [3.05, 3.63) is 23.0 Å². The Balaban J connectivity index is 0.00000169. The highest BCUT2D eigenvalue weighted by atomic mass is 35.5. The van der Waals surface area contributed by atoms with E-state index < -0.39 is 11.7 Å². The molecule has 0 aliphatic rings. The second-order valence-corrected chi connectivity index (χ2v) is 2.67. The zero-order valence-corrected chi connectivity index (χ0v) is 8.59. The first-order valence-corrected chi connectivity index (χ1v) is 3.73. The average molecular weight is 247 g/mol. The van der Waals surface area contributed by atoms with Crippen LogP contribution in [-0.2, 0) is 6.18 Å². The third-order valence-electron chi connectivity index (χ3n) is 1.44. The van der Waals surface area contributed by atoms with Gasteiger partial charge in [0.2, 0.25) is 0 Å². The van der Waals surface area contributed by atoms with Gasteiger partial charge in [-0.05, 0) is 6.07 Å². The average Bonchev–Trinajstić information content (AvgIpc) is 2.03. The number of hydrogen-bond acceptors (Lipinski definition) is 2. The summed E-state index contributed by atoms with van der Waals surface area (Å²) in [4.78, 5) is 3.40. The Kier molecular flexibility index (Phi) is 4.48. The number of rotatable bonds is 1. The zero-order valence-electron chi connectivity index (χ0n) is 7.02. The maximum absolute atomic E-state index is 12.1. The van der Waals surface area contributed by atoms with Crippen molar-refractivity contribution in [2.24, 2.45) is 0 Å². The van der Waals surface area contributed by atoms with Crippen LogP contribution in [0, 0.1) is 0 Å². The molecule has 0 atom stereocenters. The number of halogens is 5. The first kappa shape index (κ1) is 13.3. The molecule has 1 heterocycles. The molecule has 0 aliphatic carbocycles. The normalized spacial score (nSPS) is 10.6. The Morgan fingerprint density at radius 2 is 2.00 bits per heavy atom. The number of aromatic nitrogens is 1. The SMILES string of the molecule is CNc1cc(C(F)(F)F)cnc1Cl.Cl. The van der Waals surface area contributed by atoms with E-state index in [4.69, 9.17) is 11.6 Å². The van der Waals surface area contributed by atoms with Gasteiger partial charge in [0.1, 0.15) is 0 Å². The Hall–Kier alpha value is -0.680. The molecule has 1 aromatic heterocycles. The second-order valence-electron chi connectivity index (χ2n) is 2.31. The molecule has 0 saturated heterocycles. The van der Waals surface area contributed by atoms with Crippen LogP contribution in [0.15, 0.2) is 12.3 Å². The predicted octanol–water partition coefficient (Wildman–Crippen LogP) is 3.22. The van der Waals surface area contributed by atoms with Crippen molar-refractivity contribution in [2.75, 3.05) is 12.4 Å². The lowest BCUT2D eigenvalue weighted by Gasteiger charge is -2.08. The Bertz CT molecular complexity index is 314. The monoisotopic (exact) mass is 246 g/mol. The molecular weight excluding hydrogens is 240 g/mol. The van der Waals surface area contributed by atoms with Crippen LogP contribution in [0.1, 0.15) is 5.56 Å². The highest BCUT2D eigenvalue weighted by molar-refractivity contribution is 6.31. The van der Waals surface area contributed by atoms with Crippen LogP contribution in [0.4, 0.5) is 18.9 Å². The molecule has 0 bridgehead atoms. The zero-order chi connectivity index (χ0) is 10.1. The van der Waals surface area contributed by atoms with Crippen molar-refractivity contribution in [3.8, 4) is 0 Å². The third-order valence-corrected chi connectivity index (χ3v) is 1.74. The van der Waals surface area contributed by atoms with E-state index in [0.717, 1.165) is 6.07 Å². The highest BCUT2D eigenvalue weighted by Crippen LogP contribution is 2.32. The fraction of sp³-hybridized carbons (Fsp3) is 0.286. The van der Waals surface area contributed by atoms with Crippen LogP contribution >= 0.6 is 24.0 Å². The molecule has 7 heteroatoms. The van der Waals surface area contributed by atoms with Crippen LogP contribution < -0.4 is 5.32 Å². The van der Waals surface area contributed by atoms with Crippen LogP contribution in [0.5, 0.6) is 0 Å². The maximum Gasteiger partial charge on any atom is 0.417 e. The van der Waals surface area contributed by atoms with E-state index in [1.54, 1.807) is 0 Å². The van der Waals surface area contributed by atoms with Gasteiger partial charge in [-0.15, -0.1) is 12.4 Å². The van der Waals surface area contributed by atoms with Gasteiger partial charge in [-0.1, -0.05) is 11.6 Å². The maximum atomic E-state index is 12.1. The lowest BCUT2D eigenvalue weighted by Crippen LogP contribution is -2.06. The topological polar surface area (TPSA) is 24.9 Å². The molecule has 80 valence electrons. The number of pyridine rings is 1. The quantitative estimate of drug-likeness (QED) is 0.770. The molecule has 1 N–H and O–H groups in total. The van der Waals surface area contributed by atoms with Gasteiger partial charge in [0.25, 0.3) is 0 Å². The molecule has 14 heavy (non-hydrogen) atoms. The molecule has 0 amide bonds. The summed E-state index contributed by atoms with van der Waals surface area (Å²) in [7, 11) is 1.48. The summed E-state index contributed by atoms with van der Waals surface area (Å²) in [6.07, 6.45) is -3.69. The summed E-state index contributed by atoms with van der Waals surface area (Å²) < 4.78 is 36.4. The largest absolute Gasteiger partial charge is 0.417 e. The Morgan fingerprint density at radius 3 is 2.43 bits per heavy atom. The molecular formula is C7H7Cl2F3N2. The van der Waals surface area contributed by atoms with Gasteiger partial charge in [-0.3, -0.25) is 0 Å². The molecule has 0 radical (unpaired) electrons. The van der Waals surface area contributed by atoms with E-state index >= 15 is 0 Å². The molecule has 1 rings (SSSR count). The van der Waals surface area contributed by atoms with Gasteiger partial charge in [-0.2, -0.15) is 13.2 Å². The minimum Gasteiger partial charge on any atom is -0.386 e. The highest BCUT2D eigenvalue weighted by Gasteiger charge is 2.31. The first-order chi connectivity index (χ1) is 5.95. The Labute approximate surface area is 89.9 Å². The van der Waals surface area contributed by atoms with E-state index in [1.165, 1.54) is 7.05 Å². The molecule has 0 aromatic carbocycles. The molecule has 0 spiro atoms. The third kappa shape index (κ3) is 2.92. The summed E-state index contributed by atoms with van der Waals surface area (Å²) in [6.45, 7) is 0. The minimum absolute atomic E-state index is 0. The first-order valence-electron chi connectivity index (χ1n) is 3.35. The summed E-state index contributed by atoms with van der Waals surface area (Å²) in [5, 5.41) is 2.54. The van der Waals surface area contributed by atoms with Crippen molar-refractivity contribution in [3.63, 3.8) is 0 Å². The van der Waals surface area contributed by atoms with Gasteiger partial charge in [0.05, 0.1) is 11.3 Å². The standard InChI is InChI=1S/C7H6ClF3N2.ClH/c1-12-5-2-4(7(9,10)11)3-13-6(5)8;/h2-3,12H,1H3;1H. The summed E-state index contributed by atoms with van der Waals surface area (Å²) in [6, 6.07) is 0.912. The molecule has 0 aliphatic heterocycles. The minimum atomic E-state index is -4.39. The van der Waals surface area contributed by atoms with Crippen molar-refractivity contribution in [1.29, 1.82) is 0 Å². The van der Waals surface area contributed by atoms with Gasteiger partial charge < -0.3 is 5.32 Å². The summed E-state index contributed by atoms with van der Waals surface area (Å²) in [5.41, 5.74) is -0.655. The van der Waals surface area contributed by atoms with Crippen molar-refractivity contribution < 1.29 is 13.2 Å². The molecule has 0 saturated carbocycles. The van der Waals surface area contributed by atoms with E-state index in [1.807, 2.05) is 0 Å². The summed E-state index contributed by atoms with van der Waals surface area (Å²) in [5.74, 6) is 0. The van der Waals surface area contributed by atoms with Gasteiger partial charge in [0.15, 0.2) is 5.15 Å². The molecule has 2 nitrogen and oxygen atoms in total. The van der Waals surface area contributed by atoms with Crippen molar-refractivity contribution in [1.82, 2.24) is 4.98 Å². The van der Waals surface area contributed by atoms with Crippen LogP contribution in [0.3, 0.4) is 0 Å². The van der Waals surface area contributed by atoms with Crippen molar-refractivity contribution in [2.45, 2.75) is 6.18 Å². The van der Waals surface area contributed by atoms with E-state index in [0.29, 0.717) is 6.20 Å². The van der Waals surface area contributed by atoms with Gasteiger partial charge in [0, 0.05) is 13.2 Å².